The number of thioether (sulfide) groups is 1. The van der Waals surface area contributed by atoms with Crippen LogP contribution in [0.25, 0.3) is 0 Å². The number of fused-ring (bicyclic) bond motifs is 2. The van der Waals surface area contributed by atoms with Gasteiger partial charge in [-0.15, -0.1) is 0 Å². The average Bonchev–Trinajstić information content (AvgIpc) is 2.49. The lowest BCUT2D eigenvalue weighted by molar-refractivity contribution is -0.128. The zero-order valence-electron chi connectivity index (χ0n) is 13.9. The molecule has 4 unspecified atom stereocenters. The molecule has 3 N–H and O–H groups in total. The van der Waals surface area contributed by atoms with Gasteiger partial charge in [0.05, 0.1) is 0 Å². The molecule has 3 nitrogen and oxygen atoms in total. The standard InChI is InChI=1S/C18H32N2OS/c1-2-22-16-9-4-3-8-15(16)20-18(21)14-10-12-6-5-7-13(11-14)17(12)19/h12-17H,2-11,19H2,1H3,(H,20,21). The minimum Gasteiger partial charge on any atom is -0.352 e. The Morgan fingerprint density at radius 1 is 1.09 bits per heavy atom. The zero-order valence-corrected chi connectivity index (χ0v) is 14.7. The maximum atomic E-state index is 12.8. The summed E-state index contributed by atoms with van der Waals surface area (Å²) in [6, 6.07) is 0.762. The summed E-state index contributed by atoms with van der Waals surface area (Å²) in [7, 11) is 0. The van der Waals surface area contributed by atoms with Crippen molar-refractivity contribution in [3.63, 3.8) is 0 Å². The molecular formula is C18H32N2OS. The third kappa shape index (κ3) is 3.64. The maximum absolute atomic E-state index is 12.8. The quantitative estimate of drug-likeness (QED) is 0.834. The predicted molar refractivity (Wildman–Crippen MR) is 93.8 cm³/mol. The minimum absolute atomic E-state index is 0.226. The molecule has 0 radical (unpaired) electrons. The molecule has 3 fully saturated rings. The zero-order chi connectivity index (χ0) is 15.5. The van der Waals surface area contributed by atoms with Gasteiger partial charge in [-0.1, -0.05) is 26.2 Å². The highest BCUT2D eigenvalue weighted by atomic mass is 32.2. The van der Waals surface area contributed by atoms with Gasteiger partial charge < -0.3 is 11.1 Å². The number of amides is 1. The van der Waals surface area contributed by atoms with Crippen LogP contribution in [0.5, 0.6) is 0 Å². The van der Waals surface area contributed by atoms with E-state index in [4.69, 9.17) is 5.73 Å². The second kappa shape index (κ2) is 7.57. The van der Waals surface area contributed by atoms with Crippen LogP contribution in [0.3, 0.4) is 0 Å². The molecule has 0 aliphatic heterocycles. The molecule has 0 aromatic heterocycles. The highest BCUT2D eigenvalue weighted by Gasteiger charge is 2.41. The van der Waals surface area contributed by atoms with Crippen LogP contribution in [-0.4, -0.2) is 29.0 Å². The van der Waals surface area contributed by atoms with E-state index in [-0.39, 0.29) is 5.92 Å². The summed E-state index contributed by atoms with van der Waals surface area (Å²) in [5.41, 5.74) is 6.36. The van der Waals surface area contributed by atoms with Gasteiger partial charge in [0.1, 0.15) is 0 Å². The third-order valence-electron chi connectivity index (χ3n) is 6.19. The first-order valence-corrected chi connectivity index (χ1v) is 10.4. The largest absolute Gasteiger partial charge is 0.352 e. The van der Waals surface area contributed by atoms with E-state index < -0.39 is 0 Å². The van der Waals surface area contributed by atoms with E-state index in [0.717, 1.165) is 18.6 Å². The first-order chi connectivity index (χ1) is 10.7. The van der Waals surface area contributed by atoms with Crippen molar-refractivity contribution in [2.24, 2.45) is 23.5 Å². The summed E-state index contributed by atoms with van der Waals surface area (Å²) in [5, 5.41) is 4.06. The number of nitrogens with two attached hydrogens (primary N) is 1. The Hall–Kier alpha value is -0.220. The van der Waals surface area contributed by atoms with Crippen LogP contribution in [0.1, 0.15) is 64.7 Å². The molecule has 2 bridgehead atoms. The van der Waals surface area contributed by atoms with Crippen molar-refractivity contribution < 1.29 is 4.79 Å². The summed E-state index contributed by atoms with van der Waals surface area (Å²) in [5.74, 6) is 2.90. The lowest BCUT2D eigenvalue weighted by atomic mass is 9.65. The Morgan fingerprint density at radius 2 is 1.77 bits per heavy atom. The van der Waals surface area contributed by atoms with E-state index >= 15 is 0 Å². The molecular weight excluding hydrogens is 292 g/mol. The van der Waals surface area contributed by atoms with E-state index in [1.807, 2.05) is 11.8 Å². The van der Waals surface area contributed by atoms with Crippen molar-refractivity contribution in [3.05, 3.63) is 0 Å². The van der Waals surface area contributed by atoms with Crippen LogP contribution in [0.2, 0.25) is 0 Å². The lowest BCUT2D eigenvalue weighted by Crippen LogP contribution is -2.51. The molecule has 3 saturated carbocycles. The van der Waals surface area contributed by atoms with Gasteiger partial charge in [-0.25, -0.2) is 0 Å². The highest BCUT2D eigenvalue weighted by molar-refractivity contribution is 7.99. The highest BCUT2D eigenvalue weighted by Crippen LogP contribution is 2.42. The third-order valence-corrected chi connectivity index (χ3v) is 7.52. The van der Waals surface area contributed by atoms with E-state index in [1.165, 1.54) is 44.9 Å². The van der Waals surface area contributed by atoms with Crippen LogP contribution in [0.15, 0.2) is 0 Å². The Bertz CT molecular complexity index is 373. The first kappa shape index (κ1) is 16.6. The second-order valence-corrected chi connectivity index (χ2v) is 9.11. The summed E-state index contributed by atoms with van der Waals surface area (Å²) < 4.78 is 0. The number of hydrogen-bond donors (Lipinski definition) is 2. The average molecular weight is 325 g/mol. The fourth-order valence-electron chi connectivity index (χ4n) is 4.98. The summed E-state index contributed by atoms with van der Waals surface area (Å²) >= 11 is 2.03. The Kier molecular flexibility index (Phi) is 5.72. The molecule has 3 rings (SSSR count). The molecule has 4 heteroatoms. The van der Waals surface area contributed by atoms with E-state index in [9.17, 15) is 4.79 Å². The fourth-order valence-corrected chi connectivity index (χ4v) is 6.18. The van der Waals surface area contributed by atoms with Crippen molar-refractivity contribution in [2.75, 3.05) is 5.75 Å². The van der Waals surface area contributed by atoms with Gasteiger partial charge >= 0.3 is 0 Å². The molecule has 3 aliphatic carbocycles. The predicted octanol–water partition coefficient (Wildman–Crippen LogP) is 3.32. The molecule has 0 aromatic rings. The van der Waals surface area contributed by atoms with Gasteiger partial charge in [0, 0.05) is 23.3 Å². The van der Waals surface area contributed by atoms with Crippen molar-refractivity contribution in [2.45, 2.75) is 82.0 Å². The number of carbonyl (C=O) groups is 1. The molecule has 4 atom stereocenters. The molecule has 1 amide bonds. The Balaban J connectivity index is 1.57. The van der Waals surface area contributed by atoms with Gasteiger partial charge in [0.2, 0.25) is 5.91 Å². The monoisotopic (exact) mass is 324 g/mol. The molecule has 22 heavy (non-hydrogen) atoms. The second-order valence-electron chi connectivity index (χ2n) is 7.59. The SMILES string of the molecule is CCSC1CCCCC1NC(=O)C1CC2CCCC(C1)C2N. The summed E-state index contributed by atoms with van der Waals surface area (Å²) in [6.45, 7) is 2.22. The van der Waals surface area contributed by atoms with Crippen LogP contribution < -0.4 is 11.1 Å². The van der Waals surface area contributed by atoms with Gasteiger partial charge in [-0.05, 0) is 56.1 Å². The van der Waals surface area contributed by atoms with Crippen molar-refractivity contribution in [3.8, 4) is 0 Å². The maximum Gasteiger partial charge on any atom is 0.223 e. The molecule has 126 valence electrons. The number of carbonyl (C=O) groups excluding carboxylic acids is 1. The fraction of sp³-hybridized carbons (Fsp3) is 0.944. The van der Waals surface area contributed by atoms with E-state index in [0.29, 0.717) is 35.1 Å². The van der Waals surface area contributed by atoms with Gasteiger partial charge in [-0.3, -0.25) is 4.79 Å². The minimum atomic E-state index is 0.226. The van der Waals surface area contributed by atoms with Crippen LogP contribution >= 0.6 is 11.8 Å². The van der Waals surface area contributed by atoms with Crippen LogP contribution in [-0.2, 0) is 4.79 Å². The topological polar surface area (TPSA) is 55.1 Å². The Labute approximate surface area is 139 Å². The Morgan fingerprint density at radius 3 is 2.45 bits per heavy atom. The number of hydrogen-bond acceptors (Lipinski definition) is 3. The van der Waals surface area contributed by atoms with Crippen LogP contribution in [0, 0.1) is 17.8 Å². The lowest BCUT2D eigenvalue weighted by Gasteiger charge is -2.44. The van der Waals surface area contributed by atoms with Crippen molar-refractivity contribution >= 4 is 17.7 Å². The van der Waals surface area contributed by atoms with E-state index in [2.05, 4.69) is 12.2 Å². The van der Waals surface area contributed by atoms with Crippen molar-refractivity contribution in [1.29, 1.82) is 0 Å². The van der Waals surface area contributed by atoms with Gasteiger partial charge in [0.25, 0.3) is 0 Å². The molecule has 0 aromatic carbocycles. The molecule has 0 spiro atoms. The summed E-state index contributed by atoms with van der Waals surface area (Å²) in [6.07, 6.45) is 10.9. The summed E-state index contributed by atoms with van der Waals surface area (Å²) in [4.78, 5) is 12.8. The van der Waals surface area contributed by atoms with Gasteiger partial charge in [-0.2, -0.15) is 11.8 Å². The van der Waals surface area contributed by atoms with Crippen molar-refractivity contribution in [1.82, 2.24) is 5.32 Å². The normalized spacial score (nSPS) is 41.9. The van der Waals surface area contributed by atoms with E-state index in [1.54, 1.807) is 0 Å². The first-order valence-electron chi connectivity index (χ1n) is 9.36. The smallest absolute Gasteiger partial charge is 0.223 e. The van der Waals surface area contributed by atoms with Gasteiger partial charge in [0.15, 0.2) is 0 Å². The number of rotatable bonds is 4. The molecule has 0 heterocycles. The number of nitrogens with one attached hydrogen (secondary N) is 1. The molecule has 3 aliphatic rings. The molecule has 0 saturated heterocycles. The van der Waals surface area contributed by atoms with Crippen LogP contribution in [0.4, 0.5) is 0 Å².